The van der Waals surface area contributed by atoms with E-state index in [0.29, 0.717) is 11.0 Å². The maximum atomic E-state index is 12.3. The number of aromatic amines is 1. The molecule has 1 amide bonds. The molecule has 136 valence electrons. The molecule has 0 aliphatic carbocycles. The maximum Gasteiger partial charge on any atom is 0.290 e. The summed E-state index contributed by atoms with van der Waals surface area (Å²) in [7, 11) is 0. The van der Waals surface area contributed by atoms with E-state index in [2.05, 4.69) is 20.6 Å². The van der Waals surface area contributed by atoms with Crippen LogP contribution in [-0.4, -0.2) is 27.2 Å². The van der Waals surface area contributed by atoms with Crippen LogP contribution in [0.25, 0.3) is 11.0 Å². The molecule has 4 rings (SSSR count). The quantitative estimate of drug-likeness (QED) is 0.598. The van der Waals surface area contributed by atoms with Gasteiger partial charge in [0.15, 0.2) is 5.50 Å². The minimum absolute atomic E-state index is 0.0276. The summed E-state index contributed by atoms with van der Waals surface area (Å²) >= 11 is 1.43. The smallest absolute Gasteiger partial charge is 0.290 e. The summed E-state index contributed by atoms with van der Waals surface area (Å²) in [6.45, 7) is 1.99. The number of nitrogens with one attached hydrogen (secondary N) is 3. The van der Waals surface area contributed by atoms with Crippen LogP contribution < -0.4 is 16.2 Å². The molecule has 1 aromatic heterocycles. The number of aromatic nitrogens is 2. The number of nitrogens with zero attached hydrogens (tertiary/aromatic N) is 1. The Bertz CT molecular complexity index is 1130. The molecule has 0 fully saturated rings. The number of hydrogen-bond acceptors (Lipinski definition) is 6. The molecule has 2 heterocycles. The van der Waals surface area contributed by atoms with Crippen LogP contribution in [0.15, 0.2) is 52.2 Å². The summed E-state index contributed by atoms with van der Waals surface area (Å²) in [5.41, 5.74) is 2.32. The second kappa shape index (κ2) is 6.88. The zero-order valence-corrected chi connectivity index (χ0v) is 15.2. The van der Waals surface area contributed by atoms with Crippen LogP contribution in [0.5, 0.6) is 0 Å². The van der Waals surface area contributed by atoms with Gasteiger partial charge in [-0.1, -0.05) is 30.0 Å². The second-order valence-electron chi connectivity index (χ2n) is 6.25. The summed E-state index contributed by atoms with van der Waals surface area (Å²) in [4.78, 5) is 44.5. The number of amides is 1. The van der Waals surface area contributed by atoms with Gasteiger partial charge in [-0.05, 0) is 36.8 Å². The molecular formula is C19H16N4O3S. The lowest BCUT2D eigenvalue weighted by Crippen LogP contribution is -2.41. The monoisotopic (exact) mass is 380 g/mol. The Hall–Kier alpha value is -3.13. The fraction of sp³-hybridized carbons (Fsp3) is 0.158. The van der Waals surface area contributed by atoms with Crippen molar-refractivity contribution in [1.29, 1.82) is 0 Å². The van der Waals surface area contributed by atoms with E-state index < -0.39 is 22.7 Å². The van der Waals surface area contributed by atoms with E-state index in [1.807, 2.05) is 25.1 Å². The predicted molar refractivity (Wildman–Crippen MR) is 104 cm³/mol. The summed E-state index contributed by atoms with van der Waals surface area (Å²) in [5.74, 6) is -1.46. The Morgan fingerprint density at radius 3 is 2.89 bits per heavy atom. The summed E-state index contributed by atoms with van der Waals surface area (Å²) < 4.78 is 0. The Morgan fingerprint density at radius 1 is 1.22 bits per heavy atom. The zero-order chi connectivity index (χ0) is 19.0. The number of thioether (sulfide) groups is 1. The van der Waals surface area contributed by atoms with Crippen LogP contribution in [-0.2, 0) is 16.0 Å². The number of carbonyl (C=O) groups is 2. The van der Waals surface area contributed by atoms with Gasteiger partial charge in [0.2, 0.25) is 5.78 Å². The van der Waals surface area contributed by atoms with Crippen molar-refractivity contribution < 1.29 is 9.59 Å². The Kier molecular flexibility index (Phi) is 4.41. The first-order chi connectivity index (χ1) is 13.0. The van der Waals surface area contributed by atoms with Gasteiger partial charge >= 0.3 is 0 Å². The minimum Gasteiger partial charge on any atom is -0.356 e. The number of rotatable bonds is 4. The highest BCUT2D eigenvalue weighted by atomic mass is 32.2. The fourth-order valence-electron chi connectivity index (χ4n) is 2.83. The molecule has 1 aliphatic heterocycles. The Morgan fingerprint density at radius 2 is 2.04 bits per heavy atom. The highest BCUT2D eigenvalue weighted by molar-refractivity contribution is 8.00. The molecule has 3 aromatic rings. The molecule has 3 N–H and O–H groups in total. The van der Waals surface area contributed by atoms with Gasteiger partial charge in [0.1, 0.15) is 5.69 Å². The minimum atomic E-state index is -0.751. The molecule has 0 saturated carbocycles. The van der Waals surface area contributed by atoms with Gasteiger partial charge < -0.3 is 15.6 Å². The number of aryl methyl sites for hydroxylation is 1. The lowest BCUT2D eigenvalue weighted by atomic mass is 10.2. The molecule has 0 spiro atoms. The Labute approximate surface area is 158 Å². The number of anilines is 1. The van der Waals surface area contributed by atoms with Crippen LogP contribution in [0.3, 0.4) is 0 Å². The number of para-hydroxylation sites is 2. The third-order valence-electron chi connectivity index (χ3n) is 4.18. The number of H-pyrrole nitrogens is 1. The molecule has 8 heteroatoms. The molecule has 0 bridgehead atoms. The molecular weight excluding hydrogens is 364 g/mol. The SMILES string of the molecule is Cc1ccc2c(c1)SC(NC(=O)C(=O)Cc1nc3ccccc3[nH]c1=O)N2. The highest BCUT2D eigenvalue weighted by Gasteiger charge is 2.26. The van der Waals surface area contributed by atoms with Crippen molar-refractivity contribution in [3.63, 3.8) is 0 Å². The molecule has 0 radical (unpaired) electrons. The normalized spacial score (nSPS) is 15.2. The first-order valence-electron chi connectivity index (χ1n) is 8.35. The van der Waals surface area contributed by atoms with Crippen molar-refractivity contribution in [3.05, 3.63) is 64.1 Å². The summed E-state index contributed by atoms with van der Waals surface area (Å²) in [5, 5.41) is 5.79. The van der Waals surface area contributed by atoms with Crippen LogP contribution in [0.2, 0.25) is 0 Å². The van der Waals surface area contributed by atoms with Crippen LogP contribution in [0, 0.1) is 6.92 Å². The fourth-order valence-corrected chi connectivity index (χ4v) is 3.94. The first-order valence-corrected chi connectivity index (χ1v) is 9.23. The molecule has 2 aromatic carbocycles. The van der Waals surface area contributed by atoms with E-state index in [4.69, 9.17) is 0 Å². The van der Waals surface area contributed by atoms with Crippen molar-refractivity contribution in [2.75, 3.05) is 5.32 Å². The first kappa shape index (κ1) is 17.3. The van der Waals surface area contributed by atoms with Gasteiger partial charge in [-0.15, -0.1) is 0 Å². The number of Topliss-reactive ketones (excluding diaryl/α,β-unsaturated/α-hetero) is 1. The van der Waals surface area contributed by atoms with Gasteiger partial charge in [0.05, 0.1) is 23.1 Å². The molecule has 1 unspecified atom stereocenters. The van der Waals surface area contributed by atoms with Gasteiger partial charge in [0.25, 0.3) is 11.5 Å². The van der Waals surface area contributed by atoms with Gasteiger partial charge in [0, 0.05) is 4.90 Å². The van der Waals surface area contributed by atoms with Crippen molar-refractivity contribution in [1.82, 2.24) is 15.3 Å². The molecule has 7 nitrogen and oxygen atoms in total. The van der Waals surface area contributed by atoms with Crippen molar-refractivity contribution in [2.45, 2.75) is 23.7 Å². The highest BCUT2D eigenvalue weighted by Crippen LogP contribution is 2.37. The number of fused-ring (bicyclic) bond motifs is 2. The maximum absolute atomic E-state index is 12.3. The largest absolute Gasteiger partial charge is 0.356 e. The molecule has 1 aliphatic rings. The van der Waals surface area contributed by atoms with Crippen molar-refractivity contribution >= 4 is 40.2 Å². The number of carbonyl (C=O) groups excluding carboxylic acids is 2. The van der Waals surface area contributed by atoms with Crippen LogP contribution in [0.1, 0.15) is 11.3 Å². The van der Waals surface area contributed by atoms with Crippen LogP contribution >= 0.6 is 11.8 Å². The van der Waals surface area contributed by atoms with Gasteiger partial charge in [-0.25, -0.2) is 4.98 Å². The predicted octanol–water partition coefficient (Wildman–Crippen LogP) is 1.96. The third-order valence-corrected chi connectivity index (χ3v) is 5.24. The van der Waals surface area contributed by atoms with Crippen molar-refractivity contribution in [3.8, 4) is 0 Å². The zero-order valence-electron chi connectivity index (χ0n) is 14.4. The molecule has 0 saturated heterocycles. The van der Waals surface area contributed by atoms with E-state index in [-0.39, 0.29) is 12.1 Å². The van der Waals surface area contributed by atoms with E-state index in [1.54, 1.807) is 24.3 Å². The summed E-state index contributed by atoms with van der Waals surface area (Å²) in [6.07, 6.45) is -0.352. The van der Waals surface area contributed by atoms with E-state index in [0.717, 1.165) is 16.1 Å². The average molecular weight is 380 g/mol. The number of benzene rings is 2. The average Bonchev–Trinajstić information content (AvgIpc) is 3.03. The Balaban J connectivity index is 1.44. The van der Waals surface area contributed by atoms with Crippen LogP contribution in [0.4, 0.5) is 5.69 Å². The molecule has 27 heavy (non-hydrogen) atoms. The second-order valence-corrected chi connectivity index (χ2v) is 7.39. The number of hydrogen-bond donors (Lipinski definition) is 3. The third kappa shape index (κ3) is 3.56. The van der Waals surface area contributed by atoms with E-state index in [9.17, 15) is 14.4 Å². The van der Waals surface area contributed by atoms with Gasteiger partial charge in [-0.2, -0.15) is 0 Å². The lowest BCUT2D eigenvalue weighted by molar-refractivity contribution is -0.137. The number of ketones is 1. The van der Waals surface area contributed by atoms with E-state index >= 15 is 0 Å². The topological polar surface area (TPSA) is 104 Å². The summed E-state index contributed by atoms with van der Waals surface area (Å²) in [6, 6.07) is 12.9. The standard InChI is InChI=1S/C19H16N4O3S/c1-10-6-7-13-16(8-10)27-19(22-13)23-18(26)15(24)9-14-17(25)21-12-5-3-2-4-11(12)20-14/h2-8,19,22H,9H2,1H3,(H,21,25)(H,23,26). The van der Waals surface area contributed by atoms with Crippen molar-refractivity contribution in [2.24, 2.45) is 0 Å². The van der Waals surface area contributed by atoms with E-state index in [1.165, 1.54) is 11.8 Å². The molecule has 1 atom stereocenters. The van der Waals surface area contributed by atoms with Gasteiger partial charge in [-0.3, -0.25) is 14.4 Å². The lowest BCUT2D eigenvalue weighted by Gasteiger charge is -2.12.